The number of H-pyrrole nitrogens is 1. The van der Waals surface area contributed by atoms with Crippen LogP contribution in [-0.4, -0.2) is 36.2 Å². The number of unbranched alkanes of at least 4 members (excludes halogenated alkanes) is 1. The summed E-state index contributed by atoms with van der Waals surface area (Å²) in [5.41, 5.74) is 7.87. The molecule has 136 valence electrons. The molecule has 0 saturated carbocycles. The van der Waals surface area contributed by atoms with Crippen LogP contribution in [0.2, 0.25) is 0 Å². The number of anilines is 1. The van der Waals surface area contributed by atoms with Crippen LogP contribution in [0.1, 0.15) is 41.6 Å². The minimum atomic E-state index is -1.13. The van der Waals surface area contributed by atoms with E-state index in [-0.39, 0.29) is 17.1 Å². The van der Waals surface area contributed by atoms with Crippen molar-refractivity contribution in [2.75, 3.05) is 5.73 Å². The summed E-state index contributed by atoms with van der Waals surface area (Å²) < 4.78 is 0. The fourth-order valence-electron chi connectivity index (χ4n) is 2.56. The van der Waals surface area contributed by atoms with Gasteiger partial charge in [0.05, 0.1) is 5.69 Å². The average Bonchev–Trinajstić information content (AvgIpc) is 3.17. The van der Waals surface area contributed by atoms with Crippen LogP contribution in [0.3, 0.4) is 0 Å². The van der Waals surface area contributed by atoms with Crippen LogP contribution < -0.4 is 5.73 Å². The number of hydrogen-bond acceptors (Lipinski definition) is 7. The molecular formula is C18H17N7O2. The summed E-state index contributed by atoms with van der Waals surface area (Å²) in [5.74, 6) is -0.369. The van der Waals surface area contributed by atoms with E-state index in [1.165, 1.54) is 6.07 Å². The summed E-state index contributed by atoms with van der Waals surface area (Å²) in [4.78, 5) is 23.9. The maximum atomic E-state index is 11.0. The normalized spacial score (nSPS) is 10.5. The van der Waals surface area contributed by atoms with Gasteiger partial charge in [-0.15, -0.1) is 0 Å². The number of carboxylic acid groups (broad SMARTS) is 1. The van der Waals surface area contributed by atoms with Gasteiger partial charge in [0.2, 0.25) is 0 Å². The van der Waals surface area contributed by atoms with Crippen LogP contribution >= 0.6 is 0 Å². The summed E-state index contributed by atoms with van der Waals surface area (Å²) in [7, 11) is 0. The predicted octanol–water partition coefficient (Wildman–Crippen LogP) is 2.42. The molecular weight excluding hydrogens is 346 g/mol. The molecule has 3 rings (SSSR count). The van der Waals surface area contributed by atoms with E-state index < -0.39 is 5.97 Å². The number of nitriles is 1. The van der Waals surface area contributed by atoms with Crippen molar-refractivity contribution in [1.29, 1.82) is 5.26 Å². The Morgan fingerprint density at radius 1 is 1.30 bits per heavy atom. The Bertz CT molecular complexity index is 1020. The third-order valence-electron chi connectivity index (χ3n) is 4.00. The van der Waals surface area contributed by atoms with Gasteiger partial charge in [-0.05, 0) is 12.5 Å². The highest BCUT2D eigenvalue weighted by Crippen LogP contribution is 2.30. The molecule has 0 unspecified atom stereocenters. The third kappa shape index (κ3) is 3.74. The topological polar surface area (TPSA) is 154 Å². The van der Waals surface area contributed by atoms with Crippen molar-refractivity contribution < 1.29 is 9.90 Å². The lowest BCUT2D eigenvalue weighted by molar-refractivity contribution is 0.0690. The number of nitrogens with one attached hydrogen (secondary N) is 1. The standard InChI is InChI=1S/C18H17N7O2/c1-2-3-4-16-21-8-10(9-22-16)11-5-13(23-17(20)12(11)7-19)14-6-15(18(26)27)25-24-14/h5-6,8-9H,2-4H2,1H3,(H2,20,23)(H,24,25)(H,26,27). The molecule has 9 nitrogen and oxygen atoms in total. The van der Waals surface area contributed by atoms with Gasteiger partial charge >= 0.3 is 5.97 Å². The van der Waals surface area contributed by atoms with E-state index >= 15 is 0 Å². The fourth-order valence-corrected chi connectivity index (χ4v) is 2.56. The Morgan fingerprint density at radius 3 is 2.63 bits per heavy atom. The Balaban J connectivity index is 2.04. The number of aromatic amines is 1. The fraction of sp³-hybridized carbons (Fsp3) is 0.222. The van der Waals surface area contributed by atoms with E-state index in [4.69, 9.17) is 10.8 Å². The molecule has 3 aromatic heterocycles. The summed E-state index contributed by atoms with van der Waals surface area (Å²) >= 11 is 0. The van der Waals surface area contributed by atoms with Crippen LogP contribution in [0.15, 0.2) is 24.5 Å². The van der Waals surface area contributed by atoms with Crippen molar-refractivity contribution in [1.82, 2.24) is 25.1 Å². The van der Waals surface area contributed by atoms with Gasteiger partial charge in [-0.1, -0.05) is 13.3 Å². The molecule has 0 radical (unpaired) electrons. The number of carbonyl (C=O) groups is 1. The molecule has 0 aliphatic rings. The number of pyridine rings is 1. The van der Waals surface area contributed by atoms with Crippen molar-refractivity contribution in [3.63, 3.8) is 0 Å². The van der Waals surface area contributed by atoms with Crippen LogP contribution in [0.25, 0.3) is 22.5 Å². The zero-order valence-electron chi connectivity index (χ0n) is 14.6. The van der Waals surface area contributed by atoms with Gasteiger partial charge < -0.3 is 10.8 Å². The second-order valence-corrected chi connectivity index (χ2v) is 5.89. The molecule has 0 aromatic carbocycles. The van der Waals surface area contributed by atoms with E-state index in [9.17, 15) is 10.1 Å². The molecule has 0 amide bonds. The van der Waals surface area contributed by atoms with Gasteiger partial charge in [-0.3, -0.25) is 5.10 Å². The van der Waals surface area contributed by atoms with Gasteiger partial charge in [0, 0.05) is 36.0 Å². The van der Waals surface area contributed by atoms with Crippen molar-refractivity contribution in [3.8, 4) is 28.6 Å². The average molecular weight is 363 g/mol. The second kappa shape index (κ2) is 7.61. The highest BCUT2D eigenvalue weighted by Gasteiger charge is 2.17. The largest absolute Gasteiger partial charge is 0.477 e. The first kappa shape index (κ1) is 18.0. The maximum absolute atomic E-state index is 11.0. The predicted molar refractivity (Wildman–Crippen MR) is 97.5 cm³/mol. The van der Waals surface area contributed by atoms with Crippen LogP contribution in [-0.2, 0) is 6.42 Å². The molecule has 0 bridgehead atoms. The van der Waals surface area contributed by atoms with E-state index in [1.54, 1.807) is 18.5 Å². The van der Waals surface area contributed by atoms with Crippen molar-refractivity contribution >= 4 is 11.8 Å². The molecule has 0 aliphatic carbocycles. The summed E-state index contributed by atoms with van der Waals surface area (Å²) in [6.45, 7) is 2.10. The molecule has 3 aromatic rings. The monoisotopic (exact) mass is 363 g/mol. The van der Waals surface area contributed by atoms with Gasteiger partial charge in [0.25, 0.3) is 0 Å². The Hall–Kier alpha value is -3.80. The lowest BCUT2D eigenvalue weighted by atomic mass is 10.0. The number of nitrogens with two attached hydrogens (primary N) is 1. The second-order valence-electron chi connectivity index (χ2n) is 5.89. The number of aromatic carboxylic acids is 1. The molecule has 0 atom stereocenters. The van der Waals surface area contributed by atoms with Crippen LogP contribution in [0, 0.1) is 11.3 Å². The van der Waals surface area contributed by atoms with Crippen molar-refractivity contribution in [2.45, 2.75) is 26.2 Å². The number of aromatic nitrogens is 5. The van der Waals surface area contributed by atoms with Gasteiger partial charge in [0.15, 0.2) is 0 Å². The zero-order valence-corrected chi connectivity index (χ0v) is 14.6. The molecule has 27 heavy (non-hydrogen) atoms. The minimum Gasteiger partial charge on any atom is -0.477 e. The zero-order chi connectivity index (χ0) is 19.4. The van der Waals surface area contributed by atoms with E-state index in [0.29, 0.717) is 22.5 Å². The smallest absolute Gasteiger partial charge is 0.353 e. The molecule has 9 heteroatoms. The molecule has 0 saturated heterocycles. The third-order valence-corrected chi connectivity index (χ3v) is 4.00. The van der Waals surface area contributed by atoms with Crippen molar-refractivity contribution in [3.05, 3.63) is 41.6 Å². The SMILES string of the molecule is CCCCc1ncc(-c2cc(-c3cc(C(=O)O)[nH]n3)nc(N)c2C#N)cn1. The first-order valence-corrected chi connectivity index (χ1v) is 8.34. The Labute approximate surface area is 154 Å². The number of nitrogens with zero attached hydrogens (tertiary/aromatic N) is 5. The molecule has 0 aliphatic heterocycles. The van der Waals surface area contributed by atoms with E-state index in [0.717, 1.165) is 25.1 Å². The summed E-state index contributed by atoms with van der Waals surface area (Å²) in [6, 6.07) is 5.03. The number of hydrogen-bond donors (Lipinski definition) is 3. The first-order valence-electron chi connectivity index (χ1n) is 8.34. The molecule has 3 heterocycles. The summed E-state index contributed by atoms with van der Waals surface area (Å²) in [6.07, 6.45) is 6.13. The van der Waals surface area contributed by atoms with E-state index in [2.05, 4.69) is 32.1 Å². The minimum absolute atomic E-state index is 0.0277. The number of nitrogen functional groups attached to an aromatic ring is 1. The Kier molecular flexibility index (Phi) is 5.08. The quantitative estimate of drug-likeness (QED) is 0.603. The number of rotatable bonds is 6. The van der Waals surface area contributed by atoms with E-state index in [1.807, 2.05) is 6.07 Å². The number of aryl methyl sites for hydroxylation is 1. The maximum Gasteiger partial charge on any atom is 0.353 e. The van der Waals surface area contributed by atoms with Gasteiger partial charge in [-0.2, -0.15) is 10.4 Å². The molecule has 0 fully saturated rings. The lowest BCUT2D eigenvalue weighted by Crippen LogP contribution is -2.01. The highest BCUT2D eigenvalue weighted by atomic mass is 16.4. The molecule has 4 N–H and O–H groups in total. The van der Waals surface area contributed by atoms with Crippen molar-refractivity contribution in [2.24, 2.45) is 0 Å². The van der Waals surface area contributed by atoms with Gasteiger partial charge in [0.1, 0.15) is 34.7 Å². The number of carboxylic acids is 1. The van der Waals surface area contributed by atoms with Crippen LogP contribution in [0.5, 0.6) is 0 Å². The van der Waals surface area contributed by atoms with Gasteiger partial charge in [-0.25, -0.2) is 19.7 Å². The first-order chi connectivity index (χ1) is 13.0. The van der Waals surface area contributed by atoms with Crippen LogP contribution in [0.4, 0.5) is 5.82 Å². The highest BCUT2D eigenvalue weighted by molar-refractivity contribution is 5.87. The summed E-state index contributed by atoms with van der Waals surface area (Å²) in [5, 5.41) is 24.9. The lowest BCUT2D eigenvalue weighted by Gasteiger charge is -2.09. The molecule has 0 spiro atoms. The Morgan fingerprint density at radius 2 is 2.04 bits per heavy atom.